The number of hydrogen-bond acceptors (Lipinski definition) is 4. The van der Waals surface area contributed by atoms with Crippen LogP contribution in [0.5, 0.6) is 0 Å². The third-order valence-corrected chi connectivity index (χ3v) is 3.78. The predicted molar refractivity (Wildman–Crippen MR) is 83.2 cm³/mol. The maximum Gasteiger partial charge on any atom is 0.354 e. The summed E-state index contributed by atoms with van der Waals surface area (Å²) in [4.78, 5) is 40.5. The van der Waals surface area contributed by atoms with Gasteiger partial charge in [-0.3, -0.25) is 9.59 Å². The van der Waals surface area contributed by atoms with E-state index >= 15 is 0 Å². The summed E-state index contributed by atoms with van der Waals surface area (Å²) in [6.07, 6.45) is 4.24. The summed E-state index contributed by atoms with van der Waals surface area (Å²) in [5, 5.41) is 11.9. The number of carbonyl (C=O) groups is 3. The molecule has 2 amide bonds. The van der Waals surface area contributed by atoms with Crippen LogP contribution in [-0.2, 0) is 4.79 Å². The highest BCUT2D eigenvalue weighted by Crippen LogP contribution is 2.14. The largest absolute Gasteiger partial charge is 0.477 e. The number of pyridine rings is 1. The second-order valence-electron chi connectivity index (χ2n) is 5.64. The highest BCUT2D eigenvalue weighted by molar-refractivity contribution is 5.96. The molecule has 0 saturated carbocycles. The third kappa shape index (κ3) is 4.51. The van der Waals surface area contributed by atoms with Crippen molar-refractivity contribution >= 4 is 17.8 Å². The average Bonchev–Trinajstić information content (AvgIpc) is 2.54. The zero-order chi connectivity index (χ0) is 16.8. The number of amides is 2. The Bertz CT molecular complexity index is 603. The van der Waals surface area contributed by atoms with E-state index in [0.29, 0.717) is 25.1 Å². The number of carboxylic acids is 1. The molecule has 23 heavy (non-hydrogen) atoms. The molecule has 1 unspecified atom stereocenters. The standard InChI is InChI=1S/C16H21N3O4/c1-2-4-14(20)18-12-5-3-8-19(10-12)15(21)11-6-7-17-13(9-11)16(22)23/h6-7,9,12H,2-5,8,10H2,1H3,(H,18,20)(H,22,23). The maximum absolute atomic E-state index is 12.5. The first-order valence-electron chi connectivity index (χ1n) is 7.79. The first-order valence-corrected chi connectivity index (χ1v) is 7.79. The van der Waals surface area contributed by atoms with Gasteiger partial charge in [-0.05, 0) is 31.4 Å². The fourth-order valence-corrected chi connectivity index (χ4v) is 2.67. The highest BCUT2D eigenvalue weighted by Gasteiger charge is 2.25. The minimum atomic E-state index is -1.16. The monoisotopic (exact) mass is 319 g/mol. The Morgan fingerprint density at radius 2 is 2.22 bits per heavy atom. The SMILES string of the molecule is CCCC(=O)NC1CCCN(C(=O)c2ccnc(C(=O)O)c2)C1. The van der Waals surface area contributed by atoms with Crippen LogP contribution in [0.1, 0.15) is 53.5 Å². The molecule has 2 N–H and O–H groups in total. The van der Waals surface area contributed by atoms with Gasteiger partial charge in [-0.15, -0.1) is 0 Å². The number of piperidine rings is 1. The van der Waals surface area contributed by atoms with Crippen LogP contribution < -0.4 is 5.32 Å². The molecule has 1 aliphatic heterocycles. The highest BCUT2D eigenvalue weighted by atomic mass is 16.4. The molecule has 1 aromatic heterocycles. The summed E-state index contributed by atoms with van der Waals surface area (Å²) in [7, 11) is 0. The maximum atomic E-state index is 12.5. The van der Waals surface area contributed by atoms with Gasteiger partial charge in [0.15, 0.2) is 0 Å². The van der Waals surface area contributed by atoms with Gasteiger partial charge in [0.05, 0.1) is 0 Å². The van der Waals surface area contributed by atoms with Crippen molar-refractivity contribution < 1.29 is 19.5 Å². The van der Waals surface area contributed by atoms with Gasteiger partial charge in [-0.2, -0.15) is 0 Å². The van der Waals surface area contributed by atoms with Gasteiger partial charge in [0.25, 0.3) is 5.91 Å². The predicted octanol–water partition coefficient (Wildman–Crippen LogP) is 1.30. The molecule has 0 aromatic carbocycles. The fourth-order valence-electron chi connectivity index (χ4n) is 2.67. The first kappa shape index (κ1) is 16.9. The number of rotatable bonds is 5. The Morgan fingerprint density at radius 1 is 1.43 bits per heavy atom. The smallest absolute Gasteiger partial charge is 0.354 e. The van der Waals surface area contributed by atoms with Crippen LogP contribution in [-0.4, -0.2) is 51.9 Å². The lowest BCUT2D eigenvalue weighted by atomic mass is 10.0. The van der Waals surface area contributed by atoms with Crippen LogP contribution in [0.15, 0.2) is 18.3 Å². The zero-order valence-corrected chi connectivity index (χ0v) is 13.1. The third-order valence-electron chi connectivity index (χ3n) is 3.78. The van der Waals surface area contributed by atoms with E-state index in [2.05, 4.69) is 10.3 Å². The van der Waals surface area contributed by atoms with Crippen LogP contribution >= 0.6 is 0 Å². The lowest BCUT2D eigenvalue weighted by Crippen LogP contribution is -2.49. The number of aromatic nitrogens is 1. The van der Waals surface area contributed by atoms with Crippen molar-refractivity contribution in [3.63, 3.8) is 0 Å². The van der Waals surface area contributed by atoms with Crippen molar-refractivity contribution in [3.8, 4) is 0 Å². The summed E-state index contributed by atoms with van der Waals surface area (Å²) in [5.41, 5.74) is 0.151. The molecule has 1 aromatic rings. The number of nitrogens with zero attached hydrogens (tertiary/aromatic N) is 2. The second kappa shape index (κ2) is 7.71. The topological polar surface area (TPSA) is 99.6 Å². The lowest BCUT2D eigenvalue weighted by molar-refractivity contribution is -0.122. The van der Waals surface area contributed by atoms with Gasteiger partial charge in [0, 0.05) is 37.3 Å². The molecule has 1 saturated heterocycles. The van der Waals surface area contributed by atoms with E-state index in [1.165, 1.54) is 18.3 Å². The number of hydrogen-bond donors (Lipinski definition) is 2. The minimum Gasteiger partial charge on any atom is -0.477 e. The van der Waals surface area contributed by atoms with Gasteiger partial charge in [-0.1, -0.05) is 6.92 Å². The molecular formula is C16H21N3O4. The number of likely N-dealkylation sites (tertiary alicyclic amines) is 1. The normalized spacial score (nSPS) is 17.6. The number of aromatic carboxylic acids is 1. The van der Waals surface area contributed by atoms with Gasteiger partial charge >= 0.3 is 5.97 Å². The van der Waals surface area contributed by atoms with Crippen molar-refractivity contribution in [2.24, 2.45) is 0 Å². The van der Waals surface area contributed by atoms with Crippen molar-refractivity contribution in [1.29, 1.82) is 0 Å². The fraction of sp³-hybridized carbons (Fsp3) is 0.500. The molecule has 2 rings (SSSR count). The van der Waals surface area contributed by atoms with Crippen LogP contribution in [0.2, 0.25) is 0 Å². The molecule has 1 aliphatic rings. The molecule has 124 valence electrons. The molecular weight excluding hydrogens is 298 g/mol. The summed E-state index contributed by atoms with van der Waals surface area (Å²) >= 11 is 0. The van der Waals surface area contributed by atoms with Crippen LogP contribution in [0, 0.1) is 0 Å². The van der Waals surface area contributed by atoms with Crippen LogP contribution in [0.3, 0.4) is 0 Å². The molecule has 7 heteroatoms. The second-order valence-corrected chi connectivity index (χ2v) is 5.64. The Labute approximate surface area is 134 Å². The van der Waals surface area contributed by atoms with E-state index in [0.717, 1.165) is 19.3 Å². The van der Waals surface area contributed by atoms with E-state index in [1.807, 2.05) is 6.92 Å². The van der Waals surface area contributed by atoms with E-state index < -0.39 is 5.97 Å². The lowest BCUT2D eigenvalue weighted by Gasteiger charge is -2.33. The summed E-state index contributed by atoms with van der Waals surface area (Å²) in [6, 6.07) is 2.74. The van der Waals surface area contributed by atoms with E-state index in [-0.39, 0.29) is 23.6 Å². The van der Waals surface area contributed by atoms with E-state index in [1.54, 1.807) is 4.90 Å². The number of carbonyl (C=O) groups excluding carboxylic acids is 2. The number of nitrogens with one attached hydrogen (secondary N) is 1. The van der Waals surface area contributed by atoms with E-state index in [9.17, 15) is 14.4 Å². The molecule has 1 atom stereocenters. The van der Waals surface area contributed by atoms with Crippen molar-refractivity contribution in [1.82, 2.24) is 15.2 Å². The van der Waals surface area contributed by atoms with Crippen LogP contribution in [0.25, 0.3) is 0 Å². The number of carboxylic acid groups (broad SMARTS) is 1. The first-order chi connectivity index (χ1) is 11.0. The molecule has 0 spiro atoms. The van der Waals surface area contributed by atoms with Crippen molar-refractivity contribution in [2.45, 2.75) is 38.6 Å². The Kier molecular flexibility index (Phi) is 5.67. The van der Waals surface area contributed by atoms with E-state index in [4.69, 9.17) is 5.11 Å². The van der Waals surface area contributed by atoms with Crippen molar-refractivity contribution in [2.75, 3.05) is 13.1 Å². The van der Waals surface area contributed by atoms with Gasteiger partial charge in [0.1, 0.15) is 5.69 Å². The molecule has 1 fully saturated rings. The molecule has 2 heterocycles. The summed E-state index contributed by atoms with van der Waals surface area (Å²) in [5.74, 6) is -1.39. The van der Waals surface area contributed by atoms with Crippen LogP contribution in [0.4, 0.5) is 0 Å². The van der Waals surface area contributed by atoms with Gasteiger partial charge in [0.2, 0.25) is 5.91 Å². The molecule has 0 bridgehead atoms. The van der Waals surface area contributed by atoms with Gasteiger partial charge in [-0.25, -0.2) is 9.78 Å². The Hall–Kier alpha value is -2.44. The molecule has 7 nitrogen and oxygen atoms in total. The summed E-state index contributed by atoms with van der Waals surface area (Å²) < 4.78 is 0. The molecule has 0 aliphatic carbocycles. The summed E-state index contributed by atoms with van der Waals surface area (Å²) in [6.45, 7) is 2.99. The Morgan fingerprint density at radius 3 is 2.91 bits per heavy atom. The van der Waals surface area contributed by atoms with Crippen molar-refractivity contribution in [3.05, 3.63) is 29.6 Å². The van der Waals surface area contributed by atoms with Gasteiger partial charge < -0.3 is 15.3 Å². The Balaban J connectivity index is 2.03. The average molecular weight is 319 g/mol. The molecule has 0 radical (unpaired) electrons. The quantitative estimate of drug-likeness (QED) is 0.852. The zero-order valence-electron chi connectivity index (χ0n) is 13.1. The minimum absolute atomic E-state index is 0.00359.